The molecule has 0 saturated carbocycles. The van der Waals surface area contributed by atoms with Gasteiger partial charge in [-0.3, -0.25) is 0 Å². The first-order chi connectivity index (χ1) is 15.9. The molecule has 0 spiro atoms. The van der Waals surface area contributed by atoms with Gasteiger partial charge < -0.3 is 31.1 Å². The molecular formula is C19H12F6N2O8. The smallest absolute Gasteiger partial charge is 0.461 e. The van der Waals surface area contributed by atoms with E-state index >= 15 is 4.39 Å². The maximum absolute atomic E-state index is 15.6. The minimum absolute atomic E-state index is 0.476. The van der Waals surface area contributed by atoms with Crippen LogP contribution in [-0.4, -0.2) is 62.3 Å². The second-order valence-corrected chi connectivity index (χ2v) is 6.66. The summed E-state index contributed by atoms with van der Waals surface area (Å²) < 4.78 is 83.9. The quantitative estimate of drug-likeness (QED) is 0.165. The van der Waals surface area contributed by atoms with Crippen LogP contribution in [0.4, 0.5) is 37.7 Å². The molecule has 16 heteroatoms. The maximum Gasteiger partial charge on any atom is 0.461 e. The number of carboxylic acid groups (broad SMARTS) is 4. The van der Waals surface area contributed by atoms with E-state index in [-0.39, 0.29) is 0 Å². The van der Waals surface area contributed by atoms with Crippen molar-refractivity contribution in [3.8, 4) is 0 Å². The van der Waals surface area contributed by atoms with Gasteiger partial charge in [-0.05, 0) is 24.3 Å². The highest BCUT2D eigenvalue weighted by Crippen LogP contribution is 2.47. The Morgan fingerprint density at radius 1 is 0.600 bits per heavy atom. The minimum Gasteiger partial charge on any atom is -0.478 e. The fourth-order valence-electron chi connectivity index (χ4n) is 2.88. The van der Waals surface area contributed by atoms with Crippen molar-refractivity contribution in [1.29, 1.82) is 0 Å². The molecule has 0 unspecified atom stereocenters. The number of carbonyl (C=O) groups is 4. The number of halogens is 6. The molecule has 0 atom stereocenters. The molecule has 0 amide bonds. The third-order valence-electron chi connectivity index (χ3n) is 4.42. The standard InChI is InChI=1S/C19H12F6N2O8/c20-17(21,18(22,23)24)19(25,26-9-5-1-3-7(13(28)29)11(9)15(32)33)27-10-6-2-4-8(14(30)31)12(10)16(34)35/h1-6,26-27H,(H,28,29)(H,30,31)(H,32,33)(H,34,35). The van der Waals surface area contributed by atoms with Crippen molar-refractivity contribution in [1.82, 2.24) is 0 Å². The highest BCUT2D eigenvalue weighted by Gasteiger charge is 2.73. The first-order valence-electron chi connectivity index (χ1n) is 8.83. The molecule has 2 rings (SSSR count). The number of anilines is 2. The highest BCUT2D eigenvalue weighted by molar-refractivity contribution is 6.07. The van der Waals surface area contributed by atoms with Crippen LogP contribution >= 0.6 is 0 Å². The summed E-state index contributed by atoms with van der Waals surface area (Å²) in [6, 6.07) is 3.65. The van der Waals surface area contributed by atoms with E-state index in [0.717, 1.165) is 10.6 Å². The molecule has 0 aliphatic carbocycles. The summed E-state index contributed by atoms with van der Waals surface area (Å²) in [7, 11) is 0. The van der Waals surface area contributed by atoms with E-state index < -0.39 is 75.5 Å². The van der Waals surface area contributed by atoms with E-state index in [1.54, 1.807) is 0 Å². The van der Waals surface area contributed by atoms with Crippen LogP contribution in [0.15, 0.2) is 36.4 Å². The molecule has 0 aliphatic heterocycles. The largest absolute Gasteiger partial charge is 0.478 e. The van der Waals surface area contributed by atoms with Crippen LogP contribution in [0, 0.1) is 0 Å². The van der Waals surface area contributed by atoms with Crippen molar-refractivity contribution in [3.05, 3.63) is 58.7 Å². The number of hydrogen-bond donors (Lipinski definition) is 6. The number of benzene rings is 2. The summed E-state index contributed by atoms with van der Waals surface area (Å²) >= 11 is 0. The van der Waals surface area contributed by atoms with Crippen LogP contribution in [0.3, 0.4) is 0 Å². The highest BCUT2D eigenvalue weighted by atomic mass is 19.4. The van der Waals surface area contributed by atoms with Crippen LogP contribution < -0.4 is 10.6 Å². The fourth-order valence-corrected chi connectivity index (χ4v) is 2.88. The zero-order valence-corrected chi connectivity index (χ0v) is 16.7. The van der Waals surface area contributed by atoms with Crippen molar-refractivity contribution in [2.75, 3.05) is 10.6 Å². The predicted molar refractivity (Wildman–Crippen MR) is 103 cm³/mol. The lowest BCUT2D eigenvalue weighted by molar-refractivity contribution is -0.317. The molecule has 2 aromatic carbocycles. The van der Waals surface area contributed by atoms with Gasteiger partial charge in [-0.15, -0.1) is 0 Å². The van der Waals surface area contributed by atoms with Crippen molar-refractivity contribution < 1.29 is 65.9 Å². The van der Waals surface area contributed by atoms with E-state index in [1.807, 2.05) is 0 Å². The van der Waals surface area contributed by atoms with Crippen LogP contribution in [0.2, 0.25) is 0 Å². The molecule has 35 heavy (non-hydrogen) atoms. The predicted octanol–water partition coefficient (Wildman–Crippen LogP) is 3.82. The molecule has 0 radical (unpaired) electrons. The van der Waals surface area contributed by atoms with Crippen molar-refractivity contribution in [3.63, 3.8) is 0 Å². The molecule has 10 nitrogen and oxygen atoms in total. The molecule has 0 aliphatic rings. The lowest BCUT2D eigenvalue weighted by Gasteiger charge is -2.37. The summed E-state index contributed by atoms with van der Waals surface area (Å²) in [6.45, 7) is 0. The lowest BCUT2D eigenvalue weighted by Crippen LogP contribution is -2.63. The first-order valence-corrected chi connectivity index (χ1v) is 8.83. The SMILES string of the molecule is O=C(O)c1cccc(NC(F)(Nc2cccc(C(=O)O)c2C(=O)O)C(F)(F)C(F)(F)F)c1C(=O)O. The Labute approximate surface area is 189 Å². The molecule has 0 fully saturated rings. The van der Waals surface area contributed by atoms with Crippen LogP contribution in [0.25, 0.3) is 0 Å². The Hall–Kier alpha value is -4.50. The molecule has 6 N–H and O–H groups in total. The van der Waals surface area contributed by atoms with E-state index in [0.29, 0.717) is 36.4 Å². The zero-order valence-electron chi connectivity index (χ0n) is 16.7. The monoisotopic (exact) mass is 510 g/mol. The van der Waals surface area contributed by atoms with Gasteiger partial charge in [0.1, 0.15) is 0 Å². The molecule has 188 valence electrons. The van der Waals surface area contributed by atoms with E-state index in [1.165, 1.54) is 0 Å². The summed E-state index contributed by atoms with van der Waals surface area (Å²) in [5, 5.41) is 38.7. The Bertz CT molecular complexity index is 1140. The third kappa shape index (κ3) is 4.90. The van der Waals surface area contributed by atoms with Crippen molar-refractivity contribution >= 4 is 35.3 Å². The molecular weight excluding hydrogens is 498 g/mol. The lowest BCUT2D eigenvalue weighted by atomic mass is 10.0. The first kappa shape index (κ1) is 26.7. The maximum atomic E-state index is 15.6. The third-order valence-corrected chi connectivity index (χ3v) is 4.42. The van der Waals surface area contributed by atoms with E-state index in [4.69, 9.17) is 10.2 Å². The average molecular weight is 510 g/mol. The molecule has 0 heterocycles. The van der Waals surface area contributed by atoms with Crippen LogP contribution in [0.1, 0.15) is 41.4 Å². The summed E-state index contributed by atoms with van der Waals surface area (Å²) in [5.74, 6) is -19.9. The summed E-state index contributed by atoms with van der Waals surface area (Å²) in [4.78, 5) is 45.5. The van der Waals surface area contributed by atoms with Gasteiger partial charge in [-0.25, -0.2) is 19.2 Å². The molecule has 0 saturated heterocycles. The van der Waals surface area contributed by atoms with E-state index in [2.05, 4.69) is 0 Å². The van der Waals surface area contributed by atoms with Gasteiger partial charge in [0.2, 0.25) is 0 Å². The van der Waals surface area contributed by atoms with Gasteiger partial charge in [-0.1, -0.05) is 12.1 Å². The molecule has 0 bridgehead atoms. The van der Waals surface area contributed by atoms with Crippen LogP contribution in [-0.2, 0) is 0 Å². The number of hydrogen-bond acceptors (Lipinski definition) is 6. The summed E-state index contributed by atoms with van der Waals surface area (Å²) in [6.07, 6.45) is -6.68. The topological polar surface area (TPSA) is 173 Å². The Morgan fingerprint density at radius 3 is 1.20 bits per heavy atom. The van der Waals surface area contributed by atoms with Gasteiger partial charge >= 0.3 is 41.9 Å². The zero-order chi connectivity index (χ0) is 26.9. The number of rotatable bonds is 9. The summed E-state index contributed by atoms with van der Waals surface area (Å²) in [5.41, 5.74) is -7.75. The van der Waals surface area contributed by atoms with Gasteiger partial charge in [0.05, 0.1) is 33.6 Å². The van der Waals surface area contributed by atoms with Gasteiger partial charge in [0.25, 0.3) is 0 Å². The van der Waals surface area contributed by atoms with Gasteiger partial charge in [0.15, 0.2) is 0 Å². The number of carboxylic acids is 4. The minimum atomic E-state index is -6.68. The second-order valence-electron chi connectivity index (χ2n) is 6.66. The molecule has 0 aromatic heterocycles. The average Bonchev–Trinajstić information content (AvgIpc) is 2.71. The Balaban J connectivity index is 2.82. The van der Waals surface area contributed by atoms with Crippen molar-refractivity contribution in [2.45, 2.75) is 18.0 Å². The normalized spacial score (nSPS) is 12.1. The second kappa shape index (κ2) is 9.03. The van der Waals surface area contributed by atoms with Crippen molar-refractivity contribution in [2.24, 2.45) is 0 Å². The van der Waals surface area contributed by atoms with Gasteiger partial charge in [-0.2, -0.15) is 26.3 Å². The molecule has 2 aromatic rings. The van der Waals surface area contributed by atoms with Crippen LogP contribution in [0.5, 0.6) is 0 Å². The number of alkyl halides is 6. The number of nitrogens with one attached hydrogen (secondary N) is 2. The Morgan fingerprint density at radius 2 is 0.943 bits per heavy atom. The van der Waals surface area contributed by atoms with Gasteiger partial charge in [0, 0.05) is 0 Å². The van der Waals surface area contributed by atoms with E-state index in [9.17, 15) is 51.3 Å². The Kier molecular flexibility index (Phi) is 6.90. The fraction of sp³-hybridized carbons (Fsp3) is 0.158. The number of aromatic carboxylic acids is 4.